The highest BCUT2D eigenvalue weighted by molar-refractivity contribution is 6.32. The smallest absolute Gasteiger partial charge is 0.271 e. The summed E-state index contributed by atoms with van der Waals surface area (Å²) in [5.74, 6) is 0.586. The quantitative estimate of drug-likeness (QED) is 0.605. The number of nitrogens with one attached hydrogen (secondary N) is 3. The highest BCUT2D eigenvalue weighted by atomic mass is 35.5. The number of carbonyl (C=O) groups excluding carboxylic acids is 1. The number of amides is 1. The molecule has 0 atom stereocenters. The van der Waals surface area contributed by atoms with Gasteiger partial charge < -0.3 is 21.7 Å². The van der Waals surface area contributed by atoms with Gasteiger partial charge in [-0.15, -0.1) is 0 Å². The summed E-state index contributed by atoms with van der Waals surface area (Å²) in [5.41, 5.74) is 7.58. The first kappa shape index (κ1) is 19.4. The number of benzene rings is 1. The van der Waals surface area contributed by atoms with Crippen molar-refractivity contribution < 1.29 is 4.79 Å². The van der Waals surface area contributed by atoms with Gasteiger partial charge >= 0.3 is 0 Å². The molecule has 1 saturated heterocycles. The Kier molecular flexibility index (Phi) is 6.13. The molecule has 7 nitrogen and oxygen atoms in total. The van der Waals surface area contributed by atoms with E-state index in [9.17, 15) is 4.79 Å². The lowest BCUT2D eigenvalue weighted by Gasteiger charge is -2.23. The SMILES string of the molecule is CC(C)Nc1nc(Nc2ccc(C3CCNCC3)cc2)c(C(N)=O)nc1Cl. The highest BCUT2D eigenvalue weighted by Crippen LogP contribution is 2.28. The van der Waals surface area contributed by atoms with Crippen molar-refractivity contribution in [2.75, 3.05) is 23.7 Å². The summed E-state index contributed by atoms with van der Waals surface area (Å²) in [6.45, 7) is 6.04. The van der Waals surface area contributed by atoms with E-state index < -0.39 is 5.91 Å². The van der Waals surface area contributed by atoms with Crippen LogP contribution >= 0.6 is 11.6 Å². The molecule has 27 heavy (non-hydrogen) atoms. The normalized spacial score (nSPS) is 15.0. The van der Waals surface area contributed by atoms with E-state index in [1.54, 1.807) is 0 Å². The lowest BCUT2D eigenvalue weighted by Crippen LogP contribution is -2.26. The van der Waals surface area contributed by atoms with Gasteiger partial charge in [0.25, 0.3) is 5.91 Å². The zero-order valence-electron chi connectivity index (χ0n) is 15.6. The molecule has 5 N–H and O–H groups in total. The molecule has 0 radical (unpaired) electrons. The number of primary amides is 1. The molecular formula is C19H25ClN6O. The van der Waals surface area contributed by atoms with Crippen LogP contribution in [0.3, 0.4) is 0 Å². The molecule has 2 heterocycles. The minimum absolute atomic E-state index is 0.0109. The number of aromatic nitrogens is 2. The van der Waals surface area contributed by atoms with Crippen LogP contribution in [0.15, 0.2) is 24.3 Å². The van der Waals surface area contributed by atoms with Gasteiger partial charge in [-0.3, -0.25) is 4.79 Å². The maximum Gasteiger partial charge on any atom is 0.271 e. The molecule has 0 unspecified atom stereocenters. The zero-order chi connectivity index (χ0) is 19.4. The molecule has 3 rings (SSSR count). The molecule has 0 spiro atoms. The van der Waals surface area contributed by atoms with Crippen LogP contribution in [0, 0.1) is 0 Å². The molecule has 0 bridgehead atoms. The summed E-state index contributed by atoms with van der Waals surface area (Å²) in [6.07, 6.45) is 2.29. The van der Waals surface area contributed by atoms with Crippen LogP contribution in [0.2, 0.25) is 5.15 Å². The number of hydrogen-bond acceptors (Lipinski definition) is 6. The largest absolute Gasteiger partial charge is 0.365 e. The van der Waals surface area contributed by atoms with Crippen molar-refractivity contribution in [3.05, 3.63) is 40.7 Å². The molecule has 1 aliphatic rings. The predicted molar refractivity (Wildman–Crippen MR) is 109 cm³/mol. The van der Waals surface area contributed by atoms with Crippen molar-refractivity contribution >= 4 is 34.8 Å². The molecule has 1 fully saturated rings. The van der Waals surface area contributed by atoms with Crippen LogP contribution in [0.4, 0.5) is 17.3 Å². The summed E-state index contributed by atoms with van der Waals surface area (Å²) in [7, 11) is 0. The van der Waals surface area contributed by atoms with Crippen molar-refractivity contribution in [3.63, 3.8) is 0 Å². The van der Waals surface area contributed by atoms with E-state index in [2.05, 4.69) is 38.1 Å². The number of nitrogens with zero attached hydrogens (tertiary/aromatic N) is 2. The third-order valence-corrected chi connectivity index (χ3v) is 4.76. The molecular weight excluding hydrogens is 364 g/mol. The molecule has 1 aromatic heterocycles. The Labute approximate surface area is 164 Å². The average Bonchev–Trinajstić information content (AvgIpc) is 2.65. The highest BCUT2D eigenvalue weighted by Gasteiger charge is 2.18. The Morgan fingerprint density at radius 2 is 1.85 bits per heavy atom. The van der Waals surface area contributed by atoms with Crippen molar-refractivity contribution in [2.24, 2.45) is 5.73 Å². The van der Waals surface area contributed by atoms with Crippen LogP contribution in [0.1, 0.15) is 48.7 Å². The minimum Gasteiger partial charge on any atom is -0.365 e. The maximum atomic E-state index is 11.8. The molecule has 8 heteroatoms. The van der Waals surface area contributed by atoms with Crippen molar-refractivity contribution in [2.45, 2.75) is 38.6 Å². The topological polar surface area (TPSA) is 105 Å². The van der Waals surface area contributed by atoms with Crippen LogP contribution in [-0.4, -0.2) is 35.0 Å². The van der Waals surface area contributed by atoms with Crippen molar-refractivity contribution in [1.29, 1.82) is 0 Å². The second-order valence-electron chi connectivity index (χ2n) is 6.99. The number of piperidine rings is 1. The number of rotatable bonds is 6. The van der Waals surface area contributed by atoms with E-state index in [1.807, 2.05) is 26.0 Å². The second kappa shape index (κ2) is 8.54. The van der Waals surface area contributed by atoms with Crippen LogP contribution < -0.4 is 21.7 Å². The number of carbonyl (C=O) groups is 1. The monoisotopic (exact) mass is 388 g/mol. The first-order chi connectivity index (χ1) is 12.9. The van der Waals surface area contributed by atoms with E-state index in [0.717, 1.165) is 31.6 Å². The van der Waals surface area contributed by atoms with Gasteiger partial charge in [-0.2, -0.15) is 0 Å². The van der Waals surface area contributed by atoms with Gasteiger partial charge in [0.15, 0.2) is 22.5 Å². The van der Waals surface area contributed by atoms with Gasteiger partial charge in [0.1, 0.15) is 0 Å². The van der Waals surface area contributed by atoms with Gasteiger partial charge in [0, 0.05) is 11.7 Å². The maximum absolute atomic E-state index is 11.8. The van der Waals surface area contributed by atoms with Crippen molar-refractivity contribution in [1.82, 2.24) is 15.3 Å². The van der Waals surface area contributed by atoms with Gasteiger partial charge in [-0.1, -0.05) is 23.7 Å². The lowest BCUT2D eigenvalue weighted by molar-refractivity contribution is 0.0996. The Morgan fingerprint density at radius 3 is 2.44 bits per heavy atom. The predicted octanol–water partition coefficient (Wildman–Crippen LogP) is 3.26. The molecule has 2 aromatic rings. The molecule has 144 valence electrons. The Bertz CT molecular complexity index is 803. The van der Waals surface area contributed by atoms with Crippen LogP contribution in [0.5, 0.6) is 0 Å². The Morgan fingerprint density at radius 1 is 1.19 bits per heavy atom. The first-order valence-electron chi connectivity index (χ1n) is 9.15. The van der Waals surface area contributed by atoms with Gasteiger partial charge in [0.2, 0.25) is 0 Å². The summed E-state index contributed by atoms with van der Waals surface area (Å²) in [4.78, 5) is 20.3. The van der Waals surface area contributed by atoms with E-state index in [0.29, 0.717) is 11.7 Å². The fourth-order valence-electron chi connectivity index (χ4n) is 3.17. The second-order valence-corrected chi connectivity index (χ2v) is 7.35. The standard InChI is InChI=1S/C19H25ClN6O/c1-11(2)23-19-16(20)25-15(17(21)27)18(26-19)24-14-5-3-12(4-6-14)13-7-9-22-10-8-13/h3-6,11,13,22H,7-10H2,1-2H3,(H2,21,27)(H2,23,24,26). The number of anilines is 3. The Balaban J connectivity index is 1.83. The number of nitrogens with two attached hydrogens (primary N) is 1. The van der Waals surface area contributed by atoms with Gasteiger partial charge in [0.05, 0.1) is 0 Å². The summed E-state index contributed by atoms with van der Waals surface area (Å²) < 4.78 is 0. The minimum atomic E-state index is -0.686. The fraction of sp³-hybridized carbons (Fsp3) is 0.421. The third-order valence-electron chi connectivity index (χ3n) is 4.50. The Hall–Kier alpha value is -2.38. The summed E-state index contributed by atoms with van der Waals surface area (Å²) >= 11 is 6.12. The fourth-order valence-corrected chi connectivity index (χ4v) is 3.35. The first-order valence-corrected chi connectivity index (χ1v) is 9.53. The van der Waals surface area contributed by atoms with Crippen molar-refractivity contribution in [3.8, 4) is 0 Å². The van der Waals surface area contributed by atoms with Crippen LogP contribution in [-0.2, 0) is 0 Å². The molecule has 1 aliphatic heterocycles. The molecule has 1 amide bonds. The van der Waals surface area contributed by atoms with Gasteiger partial charge in [-0.05, 0) is 63.4 Å². The molecule has 0 aliphatic carbocycles. The van der Waals surface area contributed by atoms with Gasteiger partial charge in [-0.25, -0.2) is 9.97 Å². The molecule has 1 aromatic carbocycles. The zero-order valence-corrected chi connectivity index (χ0v) is 16.3. The van der Waals surface area contributed by atoms with E-state index >= 15 is 0 Å². The average molecular weight is 389 g/mol. The number of halogens is 1. The lowest BCUT2D eigenvalue weighted by atomic mass is 9.90. The summed E-state index contributed by atoms with van der Waals surface area (Å²) in [6, 6.07) is 8.30. The summed E-state index contributed by atoms with van der Waals surface area (Å²) in [5, 5.41) is 9.75. The number of hydrogen-bond donors (Lipinski definition) is 4. The van der Waals surface area contributed by atoms with E-state index in [4.69, 9.17) is 17.3 Å². The third kappa shape index (κ3) is 4.87. The molecule has 0 saturated carbocycles. The van der Waals surface area contributed by atoms with Crippen LogP contribution in [0.25, 0.3) is 0 Å². The van der Waals surface area contributed by atoms with E-state index in [-0.39, 0.29) is 22.7 Å². The van der Waals surface area contributed by atoms with E-state index in [1.165, 1.54) is 5.56 Å².